The number of hydrogen-bond acceptors (Lipinski definition) is 3. The molecule has 1 amide bonds. The highest BCUT2D eigenvalue weighted by molar-refractivity contribution is 6.34. The monoisotopic (exact) mass is 407 g/mol. The van der Waals surface area contributed by atoms with Gasteiger partial charge in [0.25, 0.3) is 11.5 Å². The summed E-state index contributed by atoms with van der Waals surface area (Å²) in [7, 11) is 0. The number of para-hydroxylation sites is 1. The largest absolute Gasteiger partial charge is 0.320 e. The van der Waals surface area contributed by atoms with Gasteiger partial charge in [0.2, 0.25) is 0 Å². The number of carbonyl (C=O) groups excluding carboxylic acids is 1. The molecule has 1 heterocycles. The summed E-state index contributed by atoms with van der Waals surface area (Å²) in [4.78, 5) is 29.9. The molecule has 0 spiro atoms. The molecular formula is C22H15ClFN3O2. The summed E-state index contributed by atoms with van der Waals surface area (Å²) in [6.45, 7) is 1.72. The lowest BCUT2D eigenvalue weighted by atomic mass is 10.2. The Morgan fingerprint density at radius 1 is 1.07 bits per heavy atom. The Hall–Kier alpha value is -3.51. The second-order valence-corrected chi connectivity index (χ2v) is 6.82. The number of rotatable bonds is 3. The average Bonchev–Trinajstić information content (AvgIpc) is 2.70. The number of amides is 1. The summed E-state index contributed by atoms with van der Waals surface area (Å²) in [6, 6.07) is 17.5. The molecule has 0 aliphatic heterocycles. The van der Waals surface area contributed by atoms with Crippen molar-refractivity contribution in [1.82, 2.24) is 9.55 Å². The van der Waals surface area contributed by atoms with Crippen LogP contribution in [0.4, 0.5) is 10.1 Å². The van der Waals surface area contributed by atoms with Crippen molar-refractivity contribution in [1.29, 1.82) is 0 Å². The zero-order valence-corrected chi connectivity index (χ0v) is 16.1. The first-order valence-electron chi connectivity index (χ1n) is 8.80. The van der Waals surface area contributed by atoms with Gasteiger partial charge in [-0.05, 0) is 49.4 Å². The first-order valence-corrected chi connectivity index (χ1v) is 9.17. The van der Waals surface area contributed by atoms with E-state index in [2.05, 4.69) is 10.3 Å². The van der Waals surface area contributed by atoms with Crippen LogP contribution in [-0.2, 0) is 0 Å². The van der Waals surface area contributed by atoms with Gasteiger partial charge in [-0.15, -0.1) is 0 Å². The van der Waals surface area contributed by atoms with Gasteiger partial charge >= 0.3 is 0 Å². The van der Waals surface area contributed by atoms with Crippen LogP contribution >= 0.6 is 11.6 Å². The number of fused-ring (bicyclic) bond motifs is 1. The predicted octanol–water partition coefficient (Wildman–Crippen LogP) is 4.74. The number of halogens is 2. The number of anilines is 1. The van der Waals surface area contributed by atoms with Crippen molar-refractivity contribution in [2.45, 2.75) is 6.92 Å². The maximum Gasteiger partial charge on any atom is 0.265 e. The Morgan fingerprint density at radius 2 is 1.79 bits per heavy atom. The molecule has 1 aromatic heterocycles. The van der Waals surface area contributed by atoms with Crippen LogP contribution in [0.5, 0.6) is 0 Å². The van der Waals surface area contributed by atoms with Crippen LogP contribution in [0.15, 0.2) is 71.5 Å². The molecule has 0 bridgehead atoms. The Balaban J connectivity index is 1.78. The quantitative estimate of drug-likeness (QED) is 0.533. The minimum atomic E-state index is -0.636. The normalized spacial score (nSPS) is 10.9. The van der Waals surface area contributed by atoms with E-state index in [0.717, 1.165) is 0 Å². The fourth-order valence-electron chi connectivity index (χ4n) is 3.13. The molecule has 0 aliphatic rings. The van der Waals surface area contributed by atoms with E-state index < -0.39 is 11.7 Å². The second-order valence-electron chi connectivity index (χ2n) is 6.41. The van der Waals surface area contributed by atoms with Crippen LogP contribution in [0, 0.1) is 12.7 Å². The van der Waals surface area contributed by atoms with Crippen molar-refractivity contribution < 1.29 is 9.18 Å². The van der Waals surface area contributed by atoms with E-state index in [1.165, 1.54) is 22.8 Å². The van der Waals surface area contributed by atoms with Gasteiger partial charge in [0.15, 0.2) is 0 Å². The second kappa shape index (κ2) is 7.48. The Labute approximate surface area is 170 Å². The molecule has 7 heteroatoms. The maximum absolute atomic E-state index is 13.9. The highest BCUT2D eigenvalue weighted by atomic mass is 35.5. The van der Waals surface area contributed by atoms with Gasteiger partial charge in [0.1, 0.15) is 11.6 Å². The van der Waals surface area contributed by atoms with Crippen LogP contribution in [-0.4, -0.2) is 15.5 Å². The van der Waals surface area contributed by atoms with E-state index in [4.69, 9.17) is 11.6 Å². The molecule has 0 atom stereocenters. The average molecular weight is 408 g/mol. The van der Waals surface area contributed by atoms with Gasteiger partial charge in [0.05, 0.1) is 32.9 Å². The Bertz CT molecular complexity index is 1320. The van der Waals surface area contributed by atoms with Crippen LogP contribution in [0.1, 0.15) is 16.2 Å². The number of nitrogens with one attached hydrogen (secondary N) is 1. The van der Waals surface area contributed by atoms with Gasteiger partial charge in [-0.2, -0.15) is 0 Å². The number of aromatic nitrogens is 2. The van der Waals surface area contributed by atoms with Crippen molar-refractivity contribution in [3.05, 3.63) is 99.3 Å². The third-order valence-electron chi connectivity index (χ3n) is 4.52. The van der Waals surface area contributed by atoms with Gasteiger partial charge in [0, 0.05) is 0 Å². The highest BCUT2D eigenvalue weighted by Crippen LogP contribution is 2.26. The third kappa shape index (κ3) is 3.50. The number of nitrogens with zero attached hydrogens (tertiary/aromatic N) is 2. The molecule has 1 N–H and O–H groups in total. The van der Waals surface area contributed by atoms with E-state index in [0.29, 0.717) is 22.4 Å². The highest BCUT2D eigenvalue weighted by Gasteiger charge is 2.15. The zero-order chi connectivity index (χ0) is 20.5. The van der Waals surface area contributed by atoms with Crippen molar-refractivity contribution in [2.24, 2.45) is 0 Å². The van der Waals surface area contributed by atoms with Gasteiger partial charge in [-0.1, -0.05) is 35.9 Å². The lowest BCUT2D eigenvalue weighted by molar-refractivity contribution is 0.102. The van der Waals surface area contributed by atoms with Crippen molar-refractivity contribution in [3.8, 4) is 5.69 Å². The van der Waals surface area contributed by atoms with Crippen LogP contribution in [0.25, 0.3) is 16.6 Å². The summed E-state index contributed by atoms with van der Waals surface area (Å²) in [5.74, 6) is -0.784. The van der Waals surface area contributed by atoms with E-state index in [-0.39, 0.29) is 21.8 Å². The van der Waals surface area contributed by atoms with Gasteiger partial charge < -0.3 is 5.32 Å². The van der Waals surface area contributed by atoms with Crippen LogP contribution in [0.3, 0.4) is 0 Å². The standard InChI is InChI=1S/C22H15ClFN3O2/c1-13-25-19-9-5-3-7-16(19)22(29)27(13)14-10-11-17(23)20(12-14)26-21(28)15-6-2-4-8-18(15)24/h2-12H,1H3,(H,26,28). The molecule has 0 aliphatic carbocycles. The smallest absolute Gasteiger partial charge is 0.265 e. The minimum absolute atomic E-state index is 0.102. The van der Waals surface area contributed by atoms with E-state index >= 15 is 0 Å². The van der Waals surface area contributed by atoms with Crippen LogP contribution < -0.4 is 10.9 Å². The molecule has 144 valence electrons. The molecule has 4 rings (SSSR count). The topological polar surface area (TPSA) is 64.0 Å². The van der Waals surface area contributed by atoms with Crippen molar-refractivity contribution in [3.63, 3.8) is 0 Å². The first kappa shape index (κ1) is 18.8. The summed E-state index contributed by atoms with van der Waals surface area (Å²) in [6.07, 6.45) is 0. The third-order valence-corrected chi connectivity index (χ3v) is 4.85. The summed E-state index contributed by atoms with van der Waals surface area (Å²) in [5.41, 5.74) is 1.01. The van der Waals surface area contributed by atoms with E-state index in [1.807, 2.05) is 6.07 Å². The fraction of sp³-hybridized carbons (Fsp3) is 0.0455. The molecule has 0 saturated carbocycles. The van der Waals surface area contributed by atoms with Gasteiger partial charge in [-0.25, -0.2) is 9.37 Å². The number of hydrogen-bond donors (Lipinski definition) is 1. The molecule has 0 saturated heterocycles. The van der Waals surface area contributed by atoms with Gasteiger partial charge in [-0.3, -0.25) is 14.2 Å². The number of aryl methyl sites for hydroxylation is 1. The lowest BCUT2D eigenvalue weighted by Gasteiger charge is -2.14. The first-order chi connectivity index (χ1) is 14.0. The summed E-state index contributed by atoms with van der Waals surface area (Å²) < 4.78 is 15.3. The molecule has 4 aromatic rings. The molecule has 29 heavy (non-hydrogen) atoms. The Kier molecular flexibility index (Phi) is 4.86. The number of benzene rings is 3. The fourth-order valence-corrected chi connectivity index (χ4v) is 3.30. The van der Waals surface area contributed by atoms with Crippen LogP contribution in [0.2, 0.25) is 5.02 Å². The predicted molar refractivity (Wildman–Crippen MR) is 111 cm³/mol. The Morgan fingerprint density at radius 3 is 2.59 bits per heavy atom. The molecule has 0 radical (unpaired) electrons. The molecule has 3 aromatic carbocycles. The summed E-state index contributed by atoms with van der Waals surface area (Å²) in [5, 5.41) is 3.35. The maximum atomic E-state index is 13.9. The molecule has 5 nitrogen and oxygen atoms in total. The van der Waals surface area contributed by atoms with Crippen molar-refractivity contribution >= 4 is 34.1 Å². The zero-order valence-electron chi connectivity index (χ0n) is 15.3. The lowest BCUT2D eigenvalue weighted by Crippen LogP contribution is -2.22. The SMILES string of the molecule is Cc1nc2ccccc2c(=O)n1-c1ccc(Cl)c(NC(=O)c2ccccc2F)c1. The molecular weight excluding hydrogens is 393 g/mol. The number of carbonyl (C=O) groups is 1. The minimum Gasteiger partial charge on any atom is -0.320 e. The molecule has 0 unspecified atom stereocenters. The van der Waals surface area contributed by atoms with E-state index in [9.17, 15) is 14.0 Å². The summed E-state index contributed by atoms with van der Waals surface area (Å²) >= 11 is 6.22. The van der Waals surface area contributed by atoms with E-state index in [1.54, 1.807) is 49.4 Å². The van der Waals surface area contributed by atoms with Crippen molar-refractivity contribution in [2.75, 3.05) is 5.32 Å². The molecule has 0 fully saturated rings.